The number of aryl methyl sites for hydroxylation is 2. The van der Waals surface area contributed by atoms with Gasteiger partial charge in [0.15, 0.2) is 5.78 Å². The van der Waals surface area contributed by atoms with Crippen LogP contribution in [0.25, 0.3) is 0 Å². The molecule has 128 valence electrons. The maximum atomic E-state index is 12.8. The first-order valence-electron chi connectivity index (χ1n) is 8.13. The van der Waals surface area contributed by atoms with Crippen LogP contribution in [0.15, 0.2) is 48.5 Å². The summed E-state index contributed by atoms with van der Waals surface area (Å²) in [7, 11) is 0. The maximum Gasteiger partial charge on any atom is 0.325 e. The highest BCUT2D eigenvalue weighted by Gasteiger charge is 2.49. The summed E-state index contributed by atoms with van der Waals surface area (Å²) in [6, 6.07) is 14.1. The molecule has 1 atom stereocenters. The molecule has 0 aliphatic carbocycles. The number of ketones is 1. The summed E-state index contributed by atoms with van der Waals surface area (Å²) in [5, 5.41) is 2.71. The lowest BCUT2D eigenvalue weighted by molar-refractivity contribution is -0.130. The fourth-order valence-electron chi connectivity index (χ4n) is 3.07. The molecule has 5 nitrogen and oxygen atoms in total. The molecule has 3 amide bonds. The fraction of sp³-hybridized carbons (Fsp3) is 0.250. The van der Waals surface area contributed by atoms with Crippen molar-refractivity contribution in [3.8, 4) is 0 Å². The van der Waals surface area contributed by atoms with E-state index in [4.69, 9.17) is 0 Å². The van der Waals surface area contributed by atoms with E-state index in [1.165, 1.54) is 0 Å². The number of amides is 3. The first kappa shape index (κ1) is 16.9. The van der Waals surface area contributed by atoms with Gasteiger partial charge in [0.1, 0.15) is 5.54 Å². The number of hydrogen-bond donors (Lipinski definition) is 1. The summed E-state index contributed by atoms with van der Waals surface area (Å²) in [5.74, 6) is -0.663. The minimum Gasteiger partial charge on any atom is -0.319 e. The van der Waals surface area contributed by atoms with Crippen LogP contribution in [0.1, 0.15) is 34.0 Å². The molecule has 1 heterocycles. The highest BCUT2D eigenvalue weighted by Crippen LogP contribution is 2.28. The number of carbonyl (C=O) groups is 3. The van der Waals surface area contributed by atoms with Gasteiger partial charge in [-0.1, -0.05) is 48.0 Å². The third kappa shape index (κ3) is 2.93. The third-order valence-electron chi connectivity index (χ3n) is 4.62. The number of nitrogens with one attached hydrogen (secondary N) is 1. The molecular weight excluding hydrogens is 316 g/mol. The lowest BCUT2D eigenvalue weighted by Crippen LogP contribution is -2.41. The molecule has 5 heteroatoms. The quantitative estimate of drug-likeness (QED) is 0.689. The normalized spacial score (nSPS) is 19.9. The topological polar surface area (TPSA) is 66.5 Å². The van der Waals surface area contributed by atoms with Crippen molar-refractivity contribution in [1.29, 1.82) is 0 Å². The van der Waals surface area contributed by atoms with E-state index in [9.17, 15) is 14.4 Å². The van der Waals surface area contributed by atoms with Gasteiger partial charge >= 0.3 is 6.03 Å². The molecule has 3 rings (SSSR count). The van der Waals surface area contributed by atoms with Crippen molar-refractivity contribution in [2.24, 2.45) is 0 Å². The first-order valence-corrected chi connectivity index (χ1v) is 8.13. The zero-order chi connectivity index (χ0) is 18.2. The van der Waals surface area contributed by atoms with Crippen LogP contribution in [0.3, 0.4) is 0 Å². The SMILES string of the molecule is Cc1ccc(C)c(C(=O)CN2C(=O)N[C@@](C)(c3ccccc3)C2=O)c1. The summed E-state index contributed by atoms with van der Waals surface area (Å²) >= 11 is 0. The number of hydrogen-bond acceptors (Lipinski definition) is 3. The molecule has 2 aromatic carbocycles. The van der Waals surface area contributed by atoms with Gasteiger partial charge in [0.05, 0.1) is 6.54 Å². The van der Waals surface area contributed by atoms with E-state index in [0.717, 1.165) is 16.0 Å². The van der Waals surface area contributed by atoms with Gasteiger partial charge in [-0.25, -0.2) is 4.79 Å². The Labute approximate surface area is 146 Å². The largest absolute Gasteiger partial charge is 0.325 e. The molecule has 1 N–H and O–H groups in total. The number of rotatable bonds is 4. The van der Waals surface area contributed by atoms with Crippen LogP contribution in [0, 0.1) is 13.8 Å². The van der Waals surface area contributed by atoms with Crippen molar-refractivity contribution in [1.82, 2.24) is 10.2 Å². The van der Waals surface area contributed by atoms with Crippen molar-refractivity contribution >= 4 is 17.7 Å². The van der Waals surface area contributed by atoms with Crippen LogP contribution in [0.5, 0.6) is 0 Å². The summed E-state index contributed by atoms with van der Waals surface area (Å²) in [4.78, 5) is 38.8. The second kappa shape index (κ2) is 6.16. The third-order valence-corrected chi connectivity index (χ3v) is 4.62. The van der Waals surface area contributed by atoms with Gasteiger partial charge in [-0.3, -0.25) is 14.5 Å². The number of nitrogens with zero attached hydrogens (tertiary/aromatic N) is 1. The van der Waals surface area contributed by atoms with Crippen molar-refractivity contribution in [2.45, 2.75) is 26.3 Å². The van der Waals surface area contributed by atoms with Gasteiger partial charge < -0.3 is 5.32 Å². The molecule has 25 heavy (non-hydrogen) atoms. The zero-order valence-corrected chi connectivity index (χ0v) is 14.5. The second-order valence-electron chi connectivity index (χ2n) is 6.55. The van der Waals surface area contributed by atoms with Crippen molar-refractivity contribution < 1.29 is 14.4 Å². The van der Waals surface area contributed by atoms with E-state index in [2.05, 4.69) is 5.32 Å². The van der Waals surface area contributed by atoms with Crippen molar-refractivity contribution in [3.63, 3.8) is 0 Å². The Morgan fingerprint density at radius 3 is 2.44 bits per heavy atom. The van der Waals surface area contributed by atoms with Crippen LogP contribution >= 0.6 is 0 Å². The van der Waals surface area contributed by atoms with E-state index in [1.54, 1.807) is 25.1 Å². The summed E-state index contributed by atoms with van der Waals surface area (Å²) in [6.07, 6.45) is 0. The summed E-state index contributed by atoms with van der Waals surface area (Å²) in [5.41, 5.74) is 1.86. The van der Waals surface area contributed by atoms with Crippen LogP contribution in [0.4, 0.5) is 4.79 Å². The number of Topliss-reactive ketones (excluding diaryl/α,β-unsaturated/α-hetero) is 1. The Bertz CT molecular complexity index is 860. The minimum absolute atomic E-state index is 0.248. The number of carbonyl (C=O) groups excluding carboxylic acids is 3. The number of urea groups is 1. The molecule has 0 unspecified atom stereocenters. The molecule has 1 aliphatic heterocycles. The van der Waals surface area contributed by atoms with Gasteiger partial charge in [0, 0.05) is 5.56 Å². The molecule has 1 aliphatic rings. The first-order chi connectivity index (χ1) is 11.8. The maximum absolute atomic E-state index is 12.8. The van der Waals surface area contributed by atoms with Crippen molar-refractivity contribution in [3.05, 3.63) is 70.8 Å². The highest BCUT2D eigenvalue weighted by molar-refractivity contribution is 6.11. The Balaban J connectivity index is 1.86. The lowest BCUT2D eigenvalue weighted by atomic mass is 9.92. The monoisotopic (exact) mass is 336 g/mol. The average Bonchev–Trinajstić information content (AvgIpc) is 2.82. The predicted molar refractivity (Wildman–Crippen MR) is 94.3 cm³/mol. The van der Waals surface area contributed by atoms with Gasteiger partial charge in [-0.2, -0.15) is 0 Å². The summed E-state index contributed by atoms with van der Waals surface area (Å²) < 4.78 is 0. The molecule has 0 aromatic heterocycles. The molecule has 0 radical (unpaired) electrons. The van der Waals surface area contributed by atoms with Gasteiger partial charge in [-0.05, 0) is 38.0 Å². The Kier molecular flexibility index (Phi) is 4.17. The fourth-order valence-corrected chi connectivity index (χ4v) is 3.07. The van der Waals surface area contributed by atoms with Gasteiger partial charge in [0.2, 0.25) is 0 Å². The van der Waals surface area contributed by atoms with Gasteiger partial charge in [0.25, 0.3) is 5.91 Å². The second-order valence-corrected chi connectivity index (χ2v) is 6.55. The zero-order valence-electron chi connectivity index (χ0n) is 14.5. The highest BCUT2D eigenvalue weighted by atomic mass is 16.2. The predicted octanol–water partition coefficient (Wildman–Crippen LogP) is 2.95. The van der Waals surface area contributed by atoms with E-state index >= 15 is 0 Å². The van der Waals surface area contributed by atoms with Crippen LogP contribution in [0.2, 0.25) is 0 Å². The molecule has 0 bridgehead atoms. The number of imide groups is 1. The minimum atomic E-state index is -1.15. The van der Waals surface area contributed by atoms with E-state index in [-0.39, 0.29) is 12.3 Å². The molecule has 2 aromatic rings. The summed E-state index contributed by atoms with van der Waals surface area (Å²) in [6.45, 7) is 5.13. The standard InChI is InChI=1S/C20H20N2O3/c1-13-9-10-14(2)16(11-13)17(23)12-22-18(24)20(3,21-19(22)25)15-7-5-4-6-8-15/h4-11H,12H2,1-3H3,(H,21,25)/t20-/m0/s1. The van der Waals surface area contributed by atoms with E-state index in [1.807, 2.05) is 44.2 Å². The van der Waals surface area contributed by atoms with Crippen LogP contribution in [-0.2, 0) is 10.3 Å². The van der Waals surface area contributed by atoms with Gasteiger partial charge in [-0.15, -0.1) is 0 Å². The van der Waals surface area contributed by atoms with Crippen LogP contribution < -0.4 is 5.32 Å². The molecular formula is C20H20N2O3. The molecule has 0 spiro atoms. The molecule has 1 fully saturated rings. The lowest BCUT2D eigenvalue weighted by Gasteiger charge is -2.22. The van der Waals surface area contributed by atoms with E-state index in [0.29, 0.717) is 11.1 Å². The average molecular weight is 336 g/mol. The molecule has 1 saturated heterocycles. The Morgan fingerprint density at radius 2 is 1.76 bits per heavy atom. The molecule has 0 saturated carbocycles. The number of benzene rings is 2. The Morgan fingerprint density at radius 1 is 1.08 bits per heavy atom. The Hall–Kier alpha value is -2.95. The smallest absolute Gasteiger partial charge is 0.319 e. The van der Waals surface area contributed by atoms with Crippen LogP contribution in [-0.4, -0.2) is 29.2 Å². The van der Waals surface area contributed by atoms with Crippen molar-refractivity contribution in [2.75, 3.05) is 6.54 Å². The van der Waals surface area contributed by atoms with E-state index < -0.39 is 17.5 Å².